The highest BCUT2D eigenvalue weighted by Gasteiger charge is 2.28. The van der Waals surface area contributed by atoms with Gasteiger partial charge in [-0.25, -0.2) is 16.8 Å². The molecule has 0 amide bonds. The molecule has 2 aromatic rings. The van der Waals surface area contributed by atoms with Crippen LogP contribution in [-0.4, -0.2) is 34.2 Å². The molecular weight excluding hydrogens is 396 g/mol. The van der Waals surface area contributed by atoms with Crippen molar-refractivity contribution in [3.8, 4) is 0 Å². The molecule has 6 nitrogen and oxygen atoms in total. The maximum absolute atomic E-state index is 12.8. The molecule has 0 spiro atoms. The van der Waals surface area contributed by atoms with Gasteiger partial charge in [-0.15, -0.1) is 0 Å². The lowest BCUT2D eigenvalue weighted by atomic mass is 10.0. The van der Waals surface area contributed by atoms with Gasteiger partial charge < -0.3 is 0 Å². The molecule has 3 rings (SSSR count). The SMILES string of the molecule is Cc1ccc(S(=O)(=O)Nc2ccc(S(=O)(=O)N3CCC[C@H](C)C3)cc2)cc1C. The Balaban J connectivity index is 1.79. The number of sulfonamides is 2. The molecule has 0 bridgehead atoms. The predicted octanol–water partition coefficient (Wildman–Crippen LogP) is 3.52. The molecule has 2 aromatic carbocycles. The second kappa shape index (κ2) is 7.85. The predicted molar refractivity (Wildman–Crippen MR) is 110 cm³/mol. The third-order valence-electron chi connectivity index (χ3n) is 5.15. The number of aryl methyl sites for hydroxylation is 2. The van der Waals surface area contributed by atoms with Gasteiger partial charge in [0, 0.05) is 18.8 Å². The van der Waals surface area contributed by atoms with E-state index in [9.17, 15) is 16.8 Å². The van der Waals surface area contributed by atoms with Crippen LogP contribution in [0.5, 0.6) is 0 Å². The van der Waals surface area contributed by atoms with Crippen LogP contribution in [0.15, 0.2) is 52.3 Å². The quantitative estimate of drug-likeness (QED) is 0.799. The maximum atomic E-state index is 12.8. The molecule has 28 heavy (non-hydrogen) atoms. The first-order chi connectivity index (χ1) is 13.1. The van der Waals surface area contributed by atoms with Crippen molar-refractivity contribution in [3.05, 3.63) is 53.6 Å². The summed E-state index contributed by atoms with van der Waals surface area (Å²) in [5.74, 6) is 0.340. The van der Waals surface area contributed by atoms with Crippen LogP contribution in [0.2, 0.25) is 0 Å². The van der Waals surface area contributed by atoms with Gasteiger partial charge in [0.25, 0.3) is 10.0 Å². The molecule has 1 aliphatic heterocycles. The molecule has 8 heteroatoms. The topological polar surface area (TPSA) is 83.5 Å². The Morgan fingerprint density at radius 2 is 1.57 bits per heavy atom. The normalized spacial score (nSPS) is 18.8. The minimum absolute atomic E-state index is 0.176. The van der Waals surface area contributed by atoms with Crippen LogP contribution in [0.25, 0.3) is 0 Å². The first kappa shape index (κ1) is 20.8. The fraction of sp³-hybridized carbons (Fsp3) is 0.400. The Morgan fingerprint density at radius 1 is 0.929 bits per heavy atom. The van der Waals surface area contributed by atoms with E-state index in [4.69, 9.17) is 0 Å². The van der Waals surface area contributed by atoms with Gasteiger partial charge in [-0.1, -0.05) is 13.0 Å². The standard InChI is InChI=1S/C20H26N2O4S2/c1-15-5-4-12-22(14-15)28(25,26)19-10-7-18(8-11-19)21-27(23,24)20-9-6-16(2)17(3)13-20/h6-11,13,15,21H,4-5,12,14H2,1-3H3/t15-/m0/s1. The van der Waals surface area contributed by atoms with Crippen molar-refractivity contribution in [2.45, 2.75) is 43.4 Å². The lowest BCUT2D eigenvalue weighted by Crippen LogP contribution is -2.39. The number of anilines is 1. The molecule has 0 aliphatic carbocycles. The fourth-order valence-electron chi connectivity index (χ4n) is 3.30. The van der Waals surface area contributed by atoms with Crippen LogP contribution in [0.3, 0.4) is 0 Å². The van der Waals surface area contributed by atoms with E-state index in [0.717, 1.165) is 24.0 Å². The second-order valence-corrected chi connectivity index (χ2v) is 11.1. The first-order valence-electron chi connectivity index (χ1n) is 9.30. The molecule has 1 saturated heterocycles. The summed E-state index contributed by atoms with van der Waals surface area (Å²) in [7, 11) is -7.30. The zero-order chi connectivity index (χ0) is 20.5. The molecule has 1 fully saturated rings. The van der Waals surface area contributed by atoms with Gasteiger partial charge in [0.2, 0.25) is 10.0 Å². The Morgan fingerprint density at radius 3 is 2.18 bits per heavy atom. The fourth-order valence-corrected chi connectivity index (χ4v) is 6.05. The highest BCUT2D eigenvalue weighted by atomic mass is 32.2. The Kier molecular flexibility index (Phi) is 5.84. The van der Waals surface area contributed by atoms with Crippen LogP contribution in [0, 0.1) is 19.8 Å². The summed E-state index contributed by atoms with van der Waals surface area (Å²) in [5, 5.41) is 0. The smallest absolute Gasteiger partial charge is 0.261 e. The van der Waals surface area contributed by atoms with Crippen molar-refractivity contribution in [1.29, 1.82) is 0 Å². The molecule has 152 valence electrons. The van der Waals surface area contributed by atoms with Crippen LogP contribution in [0.4, 0.5) is 5.69 Å². The molecule has 0 radical (unpaired) electrons. The molecular formula is C20H26N2O4S2. The van der Waals surface area contributed by atoms with Crippen molar-refractivity contribution in [2.75, 3.05) is 17.8 Å². The Hall–Kier alpha value is -1.90. The van der Waals surface area contributed by atoms with Gasteiger partial charge in [0.15, 0.2) is 0 Å². The minimum Gasteiger partial charge on any atom is -0.280 e. The summed E-state index contributed by atoms with van der Waals surface area (Å²) in [6.45, 7) is 6.86. The Labute approximate surface area is 167 Å². The van der Waals surface area contributed by atoms with E-state index in [1.165, 1.54) is 28.6 Å². The number of hydrogen-bond donors (Lipinski definition) is 1. The van der Waals surface area contributed by atoms with E-state index in [1.54, 1.807) is 18.2 Å². The van der Waals surface area contributed by atoms with E-state index in [0.29, 0.717) is 24.7 Å². The van der Waals surface area contributed by atoms with Crippen molar-refractivity contribution in [3.63, 3.8) is 0 Å². The minimum atomic E-state index is -3.74. The third-order valence-corrected chi connectivity index (χ3v) is 8.41. The molecule has 0 aromatic heterocycles. The summed E-state index contributed by atoms with van der Waals surface area (Å²) < 4.78 is 54.8. The number of nitrogens with one attached hydrogen (secondary N) is 1. The number of benzene rings is 2. The van der Waals surface area contributed by atoms with Gasteiger partial charge in [-0.3, -0.25) is 4.72 Å². The molecule has 0 unspecified atom stereocenters. The van der Waals surface area contributed by atoms with Gasteiger partial charge >= 0.3 is 0 Å². The number of piperidine rings is 1. The van der Waals surface area contributed by atoms with E-state index in [2.05, 4.69) is 4.72 Å². The van der Waals surface area contributed by atoms with Gasteiger partial charge in [-0.2, -0.15) is 4.31 Å². The summed E-state index contributed by atoms with van der Waals surface area (Å²) in [6.07, 6.45) is 1.89. The van der Waals surface area contributed by atoms with Crippen molar-refractivity contribution in [2.24, 2.45) is 5.92 Å². The van der Waals surface area contributed by atoms with E-state index < -0.39 is 20.0 Å². The summed E-state index contributed by atoms with van der Waals surface area (Å²) in [4.78, 5) is 0.352. The summed E-state index contributed by atoms with van der Waals surface area (Å²) in [5.41, 5.74) is 2.23. The van der Waals surface area contributed by atoms with E-state index in [1.807, 2.05) is 20.8 Å². The molecule has 1 atom stereocenters. The van der Waals surface area contributed by atoms with Crippen molar-refractivity contribution in [1.82, 2.24) is 4.31 Å². The zero-order valence-corrected chi connectivity index (χ0v) is 18.0. The van der Waals surface area contributed by atoms with Crippen molar-refractivity contribution >= 4 is 25.7 Å². The maximum Gasteiger partial charge on any atom is 0.261 e. The average molecular weight is 423 g/mol. The van der Waals surface area contributed by atoms with Crippen LogP contribution < -0.4 is 4.72 Å². The first-order valence-corrected chi connectivity index (χ1v) is 12.2. The van der Waals surface area contributed by atoms with Gasteiger partial charge in [0.05, 0.1) is 9.79 Å². The Bertz CT molecular complexity index is 1060. The second-order valence-electron chi connectivity index (χ2n) is 7.49. The van der Waals surface area contributed by atoms with Crippen molar-refractivity contribution < 1.29 is 16.8 Å². The zero-order valence-electron chi connectivity index (χ0n) is 16.3. The van der Waals surface area contributed by atoms with Crippen LogP contribution in [0.1, 0.15) is 30.9 Å². The number of rotatable bonds is 5. The molecule has 1 N–H and O–H groups in total. The number of nitrogens with zero attached hydrogens (tertiary/aromatic N) is 1. The third kappa shape index (κ3) is 4.39. The highest BCUT2D eigenvalue weighted by Crippen LogP contribution is 2.25. The average Bonchev–Trinajstić information content (AvgIpc) is 2.64. The molecule has 0 saturated carbocycles. The van der Waals surface area contributed by atoms with E-state index in [-0.39, 0.29) is 9.79 Å². The van der Waals surface area contributed by atoms with Gasteiger partial charge in [0.1, 0.15) is 0 Å². The molecule has 1 heterocycles. The number of hydrogen-bond acceptors (Lipinski definition) is 4. The summed E-state index contributed by atoms with van der Waals surface area (Å²) in [6, 6.07) is 10.8. The molecule has 1 aliphatic rings. The lowest BCUT2D eigenvalue weighted by Gasteiger charge is -2.30. The van der Waals surface area contributed by atoms with Crippen LogP contribution in [-0.2, 0) is 20.0 Å². The largest absolute Gasteiger partial charge is 0.280 e. The van der Waals surface area contributed by atoms with Gasteiger partial charge in [-0.05, 0) is 80.1 Å². The van der Waals surface area contributed by atoms with Crippen LogP contribution >= 0.6 is 0 Å². The summed E-state index contributed by atoms with van der Waals surface area (Å²) >= 11 is 0. The lowest BCUT2D eigenvalue weighted by molar-refractivity contribution is 0.281. The highest BCUT2D eigenvalue weighted by molar-refractivity contribution is 7.92. The monoisotopic (exact) mass is 422 g/mol. The van der Waals surface area contributed by atoms with E-state index >= 15 is 0 Å².